The molecule has 0 bridgehead atoms. The van der Waals surface area contributed by atoms with Gasteiger partial charge in [0.25, 0.3) is 0 Å². The van der Waals surface area contributed by atoms with Crippen molar-refractivity contribution >= 4 is 29.1 Å². The van der Waals surface area contributed by atoms with Crippen LogP contribution >= 0.6 is 11.6 Å². The molecule has 1 saturated heterocycles. The number of amides is 2. The first-order valence-electron chi connectivity index (χ1n) is 7.99. The molecule has 0 unspecified atom stereocenters. The van der Waals surface area contributed by atoms with Crippen LogP contribution in [-0.2, 0) is 16.1 Å². The van der Waals surface area contributed by atoms with Gasteiger partial charge in [-0.3, -0.25) is 9.59 Å². The average molecular weight is 361 g/mol. The number of rotatable bonds is 3. The Morgan fingerprint density at radius 2 is 1.72 bits per heavy atom. The summed E-state index contributed by atoms with van der Waals surface area (Å²) in [5.41, 5.74) is 2.98. The predicted octanol–water partition coefficient (Wildman–Crippen LogP) is 3.47. The Bertz CT molecular complexity index is 813. The molecule has 0 aliphatic carbocycles. The molecule has 6 heteroatoms. The first-order valence-corrected chi connectivity index (χ1v) is 8.36. The van der Waals surface area contributed by atoms with Crippen molar-refractivity contribution in [3.8, 4) is 0 Å². The van der Waals surface area contributed by atoms with E-state index in [9.17, 15) is 14.0 Å². The first-order chi connectivity index (χ1) is 11.9. The Kier molecular flexibility index (Phi) is 4.77. The molecule has 4 nitrogen and oxygen atoms in total. The zero-order chi connectivity index (χ0) is 18.1. The van der Waals surface area contributed by atoms with Gasteiger partial charge in [0, 0.05) is 29.4 Å². The number of halogens is 2. The second-order valence-corrected chi connectivity index (χ2v) is 6.64. The van der Waals surface area contributed by atoms with Gasteiger partial charge in [-0.15, -0.1) is 0 Å². The quantitative estimate of drug-likeness (QED) is 0.786. The fourth-order valence-electron chi connectivity index (χ4n) is 3.05. The van der Waals surface area contributed by atoms with Crippen molar-refractivity contribution in [2.75, 3.05) is 18.0 Å². The first kappa shape index (κ1) is 17.4. The van der Waals surface area contributed by atoms with Crippen LogP contribution in [0.4, 0.5) is 10.1 Å². The van der Waals surface area contributed by atoms with Gasteiger partial charge < -0.3 is 9.80 Å². The van der Waals surface area contributed by atoms with Gasteiger partial charge >= 0.3 is 11.8 Å². The van der Waals surface area contributed by atoms with E-state index in [0.717, 1.165) is 11.1 Å². The van der Waals surface area contributed by atoms with Gasteiger partial charge in [-0.1, -0.05) is 23.7 Å². The molecule has 2 amide bonds. The molecule has 0 spiro atoms. The van der Waals surface area contributed by atoms with E-state index >= 15 is 0 Å². The summed E-state index contributed by atoms with van der Waals surface area (Å²) in [6, 6.07) is 10.1. The summed E-state index contributed by atoms with van der Waals surface area (Å²) in [5, 5.41) is 0.247. The Hall–Kier alpha value is -2.40. The van der Waals surface area contributed by atoms with Crippen molar-refractivity contribution in [3.05, 3.63) is 63.9 Å². The van der Waals surface area contributed by atoms with Crippen LogP contribution in [-0.4, -0.2) is 29.8 Å². The SMILES string of the molecule is Cc1cc(C)cc(N2CCN(Cc3c(F)cccc3Cl)C(=O)C2=O)c1. The standard InChI is InChI=1S/C19H18ClFN2O2/c1-12-8-13(2)10-14(9-12)23-7-6-22(18(24)19(23)25)11-15-16(20)4-3-5-17(15)21/h3-5,8-10H,6-7,11H2,1-2H3. The van der Waals surface area contributed by atoms with Crippen molar-refractivity contribution in [2.45, 2.75) is 20.4 Å². The third-order valence-electron chi connectivity index (χ3n) is 4.24. The summed E-state index contributed by atoms with van der Waals surface area (Å²) in [7, 11) is 0. The summed E-state index contributed by atoms with van der Waals surface area (Å²) in [5.74, 6) is -1.74. The summed E-state index contributed by atoms with van der Waals surface area (Å²) < 4.78 is 13.9. The van der Waals surface area contributed by atoms with Gasteiger partial charge in [0.1, 0.15) is 5.82 Å². The Labute approximate surface area is 150 Å². The van der Waals surface area contributed by atoms with Crippen LogP contribution in [0.5, 0.6) is 0 Å². The molecule has 2 aromatic rings. The van der Waals surface area contributed by atoms with Crippen LogP contribution in [0.2, 0.25) is 5.02 Å². The molecule has 0 atom stereocenters. The number of benzene rings is 2. The molecule has 2 aromatic carbocycles. The van der Waals surface area contributed by atoms with E-state index in [-0.39, 0.29) is 17.1 Å². The van der Waals surface area contributed by atoms with E-state index in [1.54, 1.807) is 6.07 Å². The largest absolute Gasteiger partial charge is 0.328 e. The summed E-state index contributed by atoms with van der Waals surface area (Å²) >= 11 is 6.02. The maximum absolute atomic E-state index is 13.9. The fourth-order valence-corrected chi connectivity index (χ4v) is 3.28. The van der Waals surface area contributed by atoms with Crippen LogP contribution in [0, 0.1) is 19.7 Å². The maximum atomic E-state index is 13.9. The van der Waals surface area contributed by atoms with Gasteiger partial charge in [-0.25, -0.2) is 4.39 Å². The van der Waals surface area contributed by atoms with Crippen LogP contribution in [0.25, 0.3) is 0 Å². The van der Waals surface area contributed by atoms with Gasteiger partial charge in [0.2, 0.25) is 0 Å². The maximum Gasteiger partial charge on any atom is 0.316 e. The Morgan fingerprint density at radius 3 is 2.36 bits per heavy atom. The number of carbonyl (C=O) groups is 2. The average Bonchev–Trinajstić information content (AvgIpc) is 2.54. The second-order valence-electron chi connectivity index (χ2n) is 6.23. The van der Waals surface area contributed by atoms with Crippen molar-refractivity contribution in [2.24, 2.45) is 0 Å². The molecular formula is C19H18ClFN2O2. The lowest BCUT2D eigenvalue weighted by molar-refractivity contribution is -0.146. The molecule has 25 heavy (non-hydrogen) atoms. The zero-order valence-corrected chi connectivity index (χ0v) is 14.8. The molecule has 130 valence electrons. The highest BCUT2D eigenvalue weighted by Crippen LogP contribution is 2.24. The molecule has 3 rings (SSSR count). The Morgan fingerprint density at radius 1 is 1.04 bits per heavy atom. The molecule has 1 aliphatic rings. The number of nitrogens with zero attached hydrogens (tertiary/aromatic N) is 2. The molecule has 1 fully saturated rings. The van der Waals surface area contributed by atoms with Crippen LogP contribution in [0.3, 0.4) is 0 Å². The van der Waals surface area contributed by atoms with Crippen LogP contribution < -0.4 is 4.90 Å². The highest BCUT2D eigenvalue weighted by molar-refractivity contribution is 6.41. The van der Waals surface area contributed by atoms with E-state index < -0.39 is 17.6 Å². The minimum Gasteiger partial charge on any atom is -0.328 e. The van der Waals surface area contributed by atoms with Gasteiger partial charge in [0.15, 0.2) is 0 Å². The normalized spacial score (nSPS) is 15.0. The molecule has 0 aromatic heterocycles. The van der Waals surface area contributed by atoms with Gasteiger partial charge in [-0.05, 0) is 49.2 Å². The molecule has 0 saturated carbocycles. The lowest BCUT2D eigenvalue weighted by Gasteiger charge is -2.34. The minimum atomic E-state index is -0.648. The monoisotopic (exact) mass is 360 g/mol. The van der Waals surface area contributed by atoms with E-state index in [1.165, 1.54) is 21.9 Å². The number of piperazine rings is 1. The summed E-state index contributed by atoms with van der Waals surface area (Å²) in [6.45, 7) is 4.55. The third-order valence-corrected chi connectivity index (χ3v) is 4.59. The lowest BCUT2D eigenvalue weighted by atomic mass is 10.1. The highest BCUT2D eigenvalue weighted by Gasteiger charge is 2.34. The molecule has 1 heterocycles. The van der Waals surface area contributed by atoms with Crippen LogP contribution in [0.1, 0.15) is 16.7 Å². The Balaban J connectivity index is 1.81. The zero-order valence-electron chi connectivity index (χ0n) is 14.1. The summed E-state index contributed by atoms with van der Waals surface area (Å²) in [6.07, 6.45) is 0. The van der Waals surface area contributed by atoms with Crippen molar-refractivity contribution < 1.29 is 14.0 Å². The number of hydrogen-bond donors (Lipinski definition) is 0. The highest BCUT2D eigenvalue weighted by atomic mass is 35.5. The van der Waals surface area contributed by atoms with E-state index in [4.69, 9.17) is 11.6 Å². The predicted molar refractivity (Wildman–Crippen MR) is 95.1 cm³/mol. The van der Waals surface area contributed by atoms with Crippen LogP contribution in [0.15, 0.2) is 36.4 Å². The third kappa shape index (κ3) is 3.51. The van der Waals surface area contributed by atoms with Crippen molar-refractivity contribution in [1.29, 1.82) is 0 Å². The molecule has 0 N–H and O–H groups in total. The van der Waals surface area contributed by atoms with Crippen molar-refractivity contribution in [1.82, 2.24) is 4.90 Å². The lowest BCUT2D eigenvalue weighted by Crippen LogP contribution is -2.54. The number of hydrogen-bond acceptors (Lipinski definition) is 2. The number of carbonyl (C=O) groups excluding carboxylic acids is 2. The second kappa shape index (κ2) is 6.84. The van der Waals surface area contributed by atoms with Gasteiger partial charge in [-0.2, -0.15) is 0 Å². The van der Waals surface area contributed by atoms with E-state index in [2.05, 4.69) is 0 Å². The summed E-state index contributed by atoms with van der Waals surface area (Å²) in [4.78, 5) is 27.8. The topological polar surface area (TPSA) is 40.6 Å². The van der Waals surface area contributed by atoms with Gasteiger partial charge in [0.05, 0.1) is 6.54 Å². The van der Waals surface area contributed by atoms with E-state index in [0.29, 0.717) is 18.8 Å². The smallest absolute Gasteiger partial charge is 0.316 e. The van der Waals surface area contributed by atoms with Crippen molar-refractivity contribution in [3.63, 3.8) is 0 Å². The molecular weight excluding hydrogens is 343 g/mol. The fraction of sp³-hybridized carbons (Fsp3) is 0.263. The minimum absolute atomic E-state index is 0.0171. The number of aryl methyl sites for hydroxylation is 2. The molecule has 0 radical (unpaired) electrons. The number of anilines is 1. The molecule has 1 aliphatic heterocycles. The van der Waals surface area contributed by atoms with E-state index in [1.807, 2.05) is 32.0 Å².